The molecule has 0 aromatic heterocycles. The molecule has 1 spiro atoms. The number of anilines is 1. The van der Waals surface area contributed by atoms with Crippen LogP contribution in [0, 0.1) is 17.3 Å². The Morgan fingerprint density at radius 1 is 1.35 bits per heavy atom. The Morgan fingerprint density at radius 2 is 2.14 bits per heavy atom. The Labute approximate surface area is 224 Å². The van der Waals surface area contributed by atoms with Crippen molar-refractivity contribution in [2.75, 3.05) is 18.4 Å². The number of hydrogen-bond donors (Lipinski definition) is 3. The predicted molar refractivity (Wildman–Crippen MR) is 134 cm³/mol. The van der Waals surface area contributed by atoms with Crippen LogP contribution in [0.3, 0.4) is 0 Å². The van der Waals surface area contributed by atoms with E-state index in [2.05, 4.69) is 43.9 Å². The van der Waals surface area contributed by atoms with Gasteiger partial charge in [0, 0.05) is 22.7 Å². The number of nitrogens with one attached hydrogen (secondary N) is 3. The second kappa shape index (κ2) is 8.69. The number of carbonyl (C=O) groups is 2. The van der Waals surface area contributed by atoms with Crippen LogP contribution in [0.25, 0.3) is 0 Å². The van der Waals surface area contributed by atoms with Crippen LogP contribution in [0.5, 0.6) is 0 Å². The summed E-state index contributed by atoms with van der Waals surface area (Å²) in [6.07, 6.45) is -0.915. The number of hydrazine groups is 1. The van der Waals surface area contributed by atoms with Gasteiger partial charge in [0.1, 0.15) is 6.54 Å². The number of alkyl halides is 4. The Hall–Kier alpha value is -2.15. The van der Waals surface area contributed by atoms with E-state index in [-0.39, 0.29) is 34.5 Å². The fourth-order valence-corrected chi connectivity index (χ4v) is 7.42. The van der Waals surface area contributed by atoms with Gasteiger partial charge in [-0.05, 0) is 78.2 Å². The van der Waals surface area contributed by atoms with Crippen molar-refractivity contribution >= 4 is 51.0 Å². The van der Waals surface area contributed by atoms with E-state index in [1.54, 1.807) is 4.90 Å². The van der Waals surface area contributed by atoms with E-state index in [1.165, 1.54) is 5.01 Å². The summed E-state index contributed by atoms with van der Waals surface area (Å²) in [5.74, 6) is 0.281. The van der Waals surface area contributed by atoms with Crippen molar-refractivity contribution in [1.82, 2.24) is 20.7 Å². The number of fused-ring (bicyclic) bond motifs is 4. The lowest BCUT2D eigenvalue weighted by Crippen LogP contribution is -2.62. The zero-order chi connectivity index (χ0) is 26.3. The van der Waals surface area contributed by atoms with Gasteiger partial charge in [0.2, 0.25) is 11.9 Å². The number of benzene rings is 1. The van der Waals surface area contributed by atoms with Gasteiger partial charge in [0.15, 0.2) is 5.08 Å². The zero-order valence-corrected chi connectivity index (χ0v) is 22.2. The van der Waals surface area contributed by atoms with Crippen molar-refractivity contribution in [2.45, 2.75) is 49.9 Å². The molecule has 2 fully saturated rings. The summed E-state index contributed by atoms with van der Waals surface area (Å²) in [6.45, 7) is 2.84. The first-order chi connectivity index (χ1) is 17.5. The number of nitrogens with zero attached hydrogens (tertiary/aromatic N) is 3. The minimum atomic E-state index is -4.54. The molecule has 1 saturated carbocycles. The monoisotopic (exact) mass is 600 g/mol. The first-order valence-corrected chi connectivity index (χ1v) is 13.5. The van der Waals surface area contributed by atoms with Gasteiger partial charge in [-0.2, -0.15) is 18.6 Å². The smallest absolute Gasteiger partial charge is 0.323 e. The maximum absolute atomic E-state index is 13.9. The SMILES string of the molecule is CC1CC2=C(C(=O)N3NC(Br)N=C3N2CC(=O)Nc2ccc(C(F)(F)F)cc2Cl)C12CCNC1CCC12. The molecule has 6 rings (SSSR count). The highest BCUT2D eigenvalue weighted by Gasteiger charge is 2.62. The molecule has 8 nitrogen and oxygen atoms in total. The Bertz CT molecular complexity index is 1260. The Morgan fingerprint density at radius 3 is 2.81 bits per heavy atom. The van der Waals surface area contributed by atoms with E-state index < -0.39 is 22.7 Å². The van der Waals surface area contributed by atoms with Gasteiger partial charge in [-0.1, -0.05) is 18.5 Å². The number of rotatable bonds is 3. The molecule has 1 aromatic carbocycles. The van der Waals surface area contributed by atoms with E-state index in [0.29, 0.717) is 24.3 Å². The van der Waals surface area contributed by atoms with Crippen LogP contribution in [0.4, 0.5) is 18.9 Å². The van der Waals surface area contributed by atoms with Gasteiger partial charge in [-0.15, -0.1) is 0 Å². The minimum Gasteiger partial charge on any atom is -0.323 e. The molecule has 0 bridgehead atoms. The van der Waals surface area contributed by atoms with Crippen LogP contribution in [0.2, 0.25) is 5.02 Å². The minimum absolute atomic E-state index is 0.0793. The third-order valence-electron chi connectivity index (χ3n) is 8.54. The van der Waals surface area contributed by atoms with Crippen molar-refractivity contribution in [3.8, 4) is 0 Å². The van der Waals surface area contributed by atoms with Crippen molar-refractivity contribution in [2.24, 2.45) is 22.2 Å². The molecule has 13 heteroatoms. The third-order valence-corrected chi connectivity index (χ3v) is 9.26. The molecule has 5 aliphatic rings. The number of carbonyl (C=O) groups excluding carboxylic acids is 2. The lowest BCUT2D eigenvalue weighted by Gasteiger charge is -2.56. The molecular formula is C24H25BrClF3N6O2. The number of guanidine groups is 1. The molecule has 198 valence electrons. The molecule has 3 N–H and O–H groups in total. The second-order valence-electron chi connectivity index (χ2n) is 10.3. The largest absolute Gasteiger partial charge is 0.416 e. The summed E-state index contributed by atoms with van der Waals surface area (Å²) < 4.78 is 39.0. The van der Waals surface area contributed by atoms with E-state index >= 15 is 0 Å². The van der Waals surface area contributed by atoms with Crippen molar-refractivity contribution < 1.29 is 22.8 Å². The normalized spacial score (nSPS) is 32.7. The highest BCUT2D eigenvalue weighted by Crippen LogP contribution is 2.62. The summed E-state index contributed by atoms with van der Waals surface area (Å²) in [5.41, 5.74) is 3.49. The van der Waals surface area contributed by atoms with Gasteiger partial charge >= 0.3 is 6.18 Å². The molecule has 2 aliphatic carbocycles. The lowest BCUT2D eigenvalue weighted by molar-refractivity contribution is -0.137. The quantitative estimate of drug-likeness (QED) is 0.360. The molecule has 0 radical (unpaired) electrons. The summed E-state index contributed by atoms with van der Waals surface area (Å²) in [4.78, 5) is 33.3. The first kappa shape index (κ1) is 25.1. The van der Waals surface area contributed by atoms with E-state index in [1.807, 2.05) is 0 Å². The lowest BCUT2D eigenvalue weighted by atomic mass is 9.53. The summed E-state index contributed by atoms with van der Waals surface area (Å²) in [5, 5.41) is 6.88. The summed E-state index contributed by atoms with van der Waals surface area (Å²) >= 11 is 9.44. The maximum atomic E-state index is 13.9. The van der Waals surface area contributed by atoms with Crippen molar-refractivity contribution in [3.05, 3.63) is 40.1 Å². The standard InChI is InChI=1S/C24H25BrClF3N6O2/c1-11-8-17-19(23(11)6-7-30-15-5-3-13(15)23)20(37)35-22(32-21(25)33-35)34(17)10-18(36)31-16-4-2-12(9-14(16)26)24(27,28)29/h2,4,9,11,13,15,21,30,33H,3,5-8,10H2,1H3,(H,31,36). The first-order valence-electron chi connectivity index (χ1n) is 12.2. The molecule has 5 atom stereocenters. The number of allylic oxidation sites excluding steroid dienone is 1. The van der Waals surface area contributed by atoms with Gasteiger partial charge in [0.25, 0.3) is 5.91 Å². The molecule has 1 aromatic rings. The number of amides is 2. The number of hydrogen-bond acceptors (Lipinski definition) is 6. The second-order valence-corrected chi connectivity index (χ2v) is 11.6. The number of piperidine rings is 1. The molecule has 37 heavy (non-hydrogen) atoms. The molecule has 3 aliphatic heterocycles. The van der Waals surface area contributed by atoms with Gasteiger partial charge in [-0.25, -0.2) is 10.0 Å². The van der Waals surface area contributed by atoms with E-state index in [9.17, 15) is 22.8 Å². The summed E-state index contributed by atoms with van der Waals surface area (Å²) in [7, 11) is 0. The third kappa shape index (κ3) is 3.82. The fraction of sp³-hybridized carbons (Fsp3) is 0.542. The molecular weight excluding hydrogens is 577 g/mol. The maximum Gasteiger partial charge on any atom is 0.416 e. The zero-order valence-electron chi connectivity index (χ0n) is 19.8. The molecule has 1 saturated heterocycles. The van der Waals surface area contributed by atoms with Gasteiger partial charge in [-0.3, -0.25) is 9.59 Å². The van der Waals surface area contributed by atoms with Crippen molar-refractivity contribution in [1.29, 1.82) is 0 Å². The van der Waals surface area contributed by atoms with Crippen LogP contribution in [0.15, 0.2) is 34.5 Å². The Kier molecular flexibility index (Phi) is 5.90. The van der Waals surface area contributed by atoms with Gasteiger partial charge < -0.3 is 15.5 Å². The van der Waals surface area contributed by atoms with Crippen molar-refractivity contribution in [3.63, 3.8) is 0 Å². The van der Waals surface area contributed by atoms with Crippen LogP contribution in [-0.2, 0) is 15.8 Å². The summed E-state index contributed by atoms with van der Waals surface area (Å²) in [6, 6.07) is 3.19. The number of halogens is 5. The van der Waals surface area contributed by atoms with Crippen LogP contribution < -0.4 is 16.1 Å². The van der Waals surface area contributed by atoms with E-state index in [0.717, 1.165) is 55.3 Å². The predicted octanol–water partition coefficient (Wildman–Crippen LogP) is 4.05. The highest BCUT2D eigenvalue weighted by atomic mass is 79.9. The van der Waals surface area contributed by atoms with Gasteiger partial charge in [0.05, 0.1) is 16.3 Å². The highest BCUT2D eigenvalue weighted by molar-refractivity contribution is 9.09. The number of aliphatic imine (C=N–C) groups is 1. The average Bonchev–Trinajstić information content (AvgIpc) is 3.32. The van der Waals surface area contributed by atoms with Crippen LogP contribution >= 0.6 is 27.5 Å². The average molecular weight is 602 g/mol. The molecule has 3 heterocycles. The molecule has 5 unspecified atom stereocenters. The topological polar surface area (TPSA) is 89.1 Å². The van der Waals surface area contributed by atoms with Crippen LogP contribution in [0.1, 0.15) is 38.2 Å². The molecule has 2 amide bonds. The van der Waals surface area contributed by atoms with E-state index in [4.69, 9.17) is 11.6 Å². The Balaban J connectivity index is 1.33. The fourth-order valence-electron chi connectivity index (χ4n) is 6.81. The van der Waals surface area contributed by atoms with Crippen LogP contribution in [-0.4, -0.2) is 51.9 Å².